The van der Waals surface area contributed by atoms with E-state index < -0.39 is 0 Å². The van der Waals surface area contributed by atoms with E-state index in [4.69, 9.17) is 5.84 Å². The summed E-state index contributed by atoms with van der Waals surface area (Å²) in [4.78, 5) is 13.2. The largest absolute Gasteiger partial charge is 0.271 e. The third-order valence-corrected chi connectivity index (χ3v) is 2.85. The van der Waals surface area contributed by atoms with Gasteiger partial charge >= 0.3 is 0 Å². The van der Waals surface area contributed by atoms with Gasteiger partial charge in [-0.1, -0.05) is 0 Å². The fourth-order valence-corrected chi connectivity index (χ4v) is 1.94. The van der Waals surface area contributed by atoms with Crippen LogP contribution in [0.25, 0.3) is 0 Å². The van der Waals surface area contributed by atoms with E-state index in [2.05, 4.69) is 20.4 Å². The minimum Gasteiger partial charge on any atom is -0.271 e. The molecule has 0 saturated carbocycles. The zero-order valence-corrected chi connectivity index (χ0v) is 8.81. The third-order valence-electron chi connectivity index (χ3n) is 2.05. The maximum Gasteiger partial charge on any atom is 0.115 e. The van der Waals surface area contributed by atoms with Gasteiger partial charge in [-0.3, -0.25) is 16.3 Å². The summed E-state index contributed by atoms with van der Waals surface area (Å²) < 4.78 is 0. The van der Waals surface area contributed by atoms with Crippen LogP contribution < -0.4 is 11.3 Å². The molecular formula is C9H11N5S. The molecule has 0 bridgehead atoms. The molecule has 1 unspecified atom stereocenters. The molecule has 2 aromatic rings. The standard InChI is InChI=1S/C9H11N5S/c10-14-9(3-7-4-12-6-15-7)8-1-2-11-5-13-8/h1-2,4-6,9,14H,3,10H2. The van der Waals surface area contributed by atoms with E-state index >= 15 is 0 Å². The van der Waals surface area contributed by atoms with Crippen molar-refractivity contribution in [1.82, 2.24) is 20.4 Å². The molecule has 0 aliphatic heterocycles. The SMILES string of the molecule is NNC(Cc1cncs1)c1ccncn1. The van der Waals surface area contributed by atoms with Crippen molar-refractivity contribution in [2.75, 3.05) is 0 Å². The van der Waals surface area contributed by atoms with Crippen molar-refractivity contribution in [3.63, 3.8) is 0 Å². The average molecular weight is 221 g/mol. The van der Waals surface area contributed by atoms with Crippen LogP contribution >= 0.6 is 11.3 Å². The molecule has 2 rings (SSSR count). The first kappa shape index (κ1) is 10.2. The van der Waals surface area contributed by atoms with Crippen molar-refractivity contribution in [2.45, 2.75) is 12.5 Å². The van der Waals surface area contributed by atoms with Gasteiger partial charge in [0.15, 0.2) is 0 Å². The van der Waals surface area contributed by atoms with Crippen LogP contribution in [0.4, 0.5) is 0 Å². The Morgan fingerprint density at radius 1 is 1.47 bits per heavy atom. The summed E-state index contributed by atoms with van der Waals surface area (Å²) in [5, 5.41) is 0. The summed E-state index contributed by atoms with van der Waals surface area (Å²) in [7, 11) is 0. The molecule has 0 saturated heterocycles. The minimum atomic E-state index is 0.00782. The van der Waals surface area contributed by atoms with Crippen molar-refractivity contribution in [3.8, 4) is 0 Å². The van der Waals surface area contributed by atoms with E-state index in [1.165, 1.54) is 11.2 Å². The van der Waals surface area contributed by atoms with Gasteiger partial charge in [0, 0.05) is 23.7 Å². The lowest BCUT2D eigenvalue weighted by molar-refractivity contribution is 0.540. The molecule has 2 heterocycles. The minimum absolute atomic E-state index is 0.00782. The number of nitrogens with two attached hydrogens (primary N) is 1. The van der Waals surface area contributed by atoms with Crippen molar-refractivity contribution < 1.29 is 0 Å². The van der Waals surface area contributed by atoms with Crippen molar-refractivity contribution in [2.24, 2.45) is 5.84 Å². The Bertz CT molecular complexity index is 388. The van der Waals surface area contributed by atoms with Crippen LogP contribution in [0.5, 0.6) is 0 Å². The third kappa shape index (κ3) is 2.56. The summed E-state index contributed by atoms with van der Waals surface area (Å²) in [6, 6.07) is 1.86. The molecule has 0 spiro atoms. The number of hydrazine groups is 1. The van der Waals surface area contributed by atoms with Crippen molar-refractivity contribution in [1.29, 1.82) is 0 Å². The lowest BCUT2D eigenvalue weighted by Crippen LogP contribution is -2.30. The van der Waals surface area contributed by atoms with Crippen LogP contribution in [0.15, 0.2) is 30.3 Å². The summed E-state index contributed by atoms with van der Waals surface area (Å²) in [6.45, 7) is 0. The molecule has 2 aromatic heterocycles. The summed E-state index contributed by atoms with van der Waals surface area (Å²) in [6.07, 6.45) is 5.86. The second-order valence-electron chi connectivity index (χ2n) is 3.03. The van der Waals surface area contributed by atoms with Crippen molar-refractivity contribution >= 4 is 11.3 Å². The summed E-state index contributed by atoms with van der Waals surface area (Å²) in [5.74, 6) is 5.50. The van der Waals surface area contributed by atoms with Gasteiger partial charge < -0.3 is 0 Å². The van der Waals surface area contributed by atoms with Gasteiger partial charge in [0.25, 0.3) is 0 Å². The molecule has 1 atom stereocenters. The maximum absolute atomic E-state index is 5.50. The number of rotatable bonds is 4. The fourth-order valence-electron chi connectivity index (χ4n) is 1.30. The van der Waals surface area contributed by atoms with Crippen LogP contribution in [-0.2, 0) is 6.42 Å². The van der Waals surface area contributed by atoms with Gasteiger partial charge in [0.1, 0.15) is 6.33 Å². The Labute approximate surface area is 91.4 Å². The second kappa shape index (κ2) is 4.92. The number of aromatic nitrogens is 3. The monoisotopic (exact) mass is 221 g/mol. The van der Waals surface area contributed by atoms with E-state index in [9.17, 15) is 0 Å². The van der Waals surface area contributed by atoms with Crippen LogP contribution in [0.2, 0.25) is 0 Å². The van der Waals surface area contributed by atoms with E-state index in [1.807, 2.05) is 17.8 Å². The van der Waals surface area contributed by atoms with E-state index in [-0.39, 0.29) is 6.04 Å². The molecule has 3 N–H and O–H groups in total. The first-order valence-corrected chi connectivity index (χ1v) is 5.37. The van der Waals surface area contributed by atoms with Gasteiger partial charge in [0.05, 0.1) is 17.2 Å². The zero-order chi connectivity index (χ0) is 10.5. The molecule has 0 aliphatic carbocycles. The molecule has 0 aliphatic rings. The van der Waals surface area contributed by atoms with E-state index in [0.29, 0.717) is 0 Å². The molecule has 0 radical (unpaired) electrons. The Balaban J connectivity index is 2.12. The number of thiazole rings is 1. The first-order chi connectivity index (χ1) is 7.40. The van der Waals surface area contributed by atoms with Gasteiger partial charge in [0.2, 0.25) is 0 Å². The van der Waals surface area contributed by atoms with Gasteiger partial charge in [-0.25, -0.2) is 9.97 Å². The summed E-state index contributed by atoms with van der Waals surface area (Å²) >= 11 is 1.61. The molecular weight excluding hydrogens is 210 g/mol. The molecule has 0 aromatic carbocycles. The lowest BCUT2D eigenvalue weighted by atomic mass is 10.1. The number of hydrogen-bond acceptors (Lipinski definition) is 6. The first-order valence-electron chi connectivity index (χ1n) is 4.49. The maximum atomic E-state index is 5.50. The molecule has 78 valence electrons. The van der Waals surface area contributed by atoms with Crippen LogP contribution in [-0.4, -0.2) is 15.0 Å². The van der Waals surface area contributed by atoms with Gasteiger partial charge in [-0.2, -0.15) is 0 Å². The zero-order valence-electron chi connectivity index (χ0n) is 8.00. The van der Waals surface area contributed by atoms with Crippen LogP contribution in [0.1, 0.15) is 16.6 Å². The average Bonchev–Trinajstić information content (AvgIpc) is 2.80. The van der Waals surface area contributed by atoms with Crippen LogP contribution in [0, 0.1) is 0 Å². The molecule has 0 fully saturated rings. The highest BCUT2D eigenvalue weighted by atomic mass is 32.1. The predicted octanol–water partition coefficient (Wildman–Crippen LogP) is 0.680. The number of hydrogen-bond donors (Lipinski definition) is 2. The highest BCUT2D eigenvalue weighted by molar-refractivity contribution is 7.09. The lowest BCUT2D eigenvalue weighted by Gasteiger charge is -2.13. The molecule has 6 heteroatoms. The fraction of sp³-hybridized carbons (Fsp3) is 0.222. The highest BCUT2D eigenvalue weighted by Crippen LogP contribution is 2.17. The van der Waals surface area contributed by atoms with Gasteiger partial charge in [-0.05, 0) is 6.07 Å². The summed E-state index contributed by atoms with van der Waals surface area (Å²) in [5.41, 5.74) is 5.44. The molecule has 5 nitrogen and oxygen atoms in total. The number of nitrogens with zero attached hydrogens (tertiary/aromatic N) is 3. The normalized spacial score (nSPS) is 12.6. The Kier molecular flexibility index (Phi) is 3.33. The number of nitrogens with one attached hydrogen (secondary N) is 1. The Morgan fingerprint density at radius 3 is 3.00 bits per heavy atom. The Morgan fingerprint density at radius 2 is 2.40 bits per heavy atom. The van der Waals surface area contributed by atoms with Crippen molar-refractivity contribution in [3.05, 3.63) is 40.9 Å². The topological polar surface area (TPSA) is 76.7 Å². The van der Waals surface area contributed by atoms with Gasteiger partial charge in [-0.15, -0.1) is 11.3 Å². The molecule has 0 amide bonds. The van der Waals surface area contributed by atoms with Crippen LogP contribution in [0.3, 0.4) is 0 Å². The smallest absolute Gasteiger partial charge is 0.115 e. The quantitative estimate of drug-likeness (QED) is 0.586. The second-order valence-corrected chi connectivity index (χ2v) is 4.00. The van der Waals surface area contributed by atoms with E-state index in [1.54, 1.807) is 17.5 Å². The Hall–Kier alpha value is -1.37. The molecule has 15 heavy (non-hydrogen) atoms. The predicted molar refractivity (Wildman–Crippen MR) is 57.9 cm³/mol. The highest BCUT2D eigenvalue weighted by Gasteiger charge is 2.12. The van der Waals surface area contributed by atoms with E-state index in [0.717, 1.165) is 12.1 Å².